The third kappa shape index (κ3) is 3.75. The highest BCUT2D eigenvalue weighted by atomic mass is 35.5. The molecule has 1 fully saturated rings. The van der Waals surface area contributed by atoms with Gasteiger partial charge in [0.05, 0.1) is 33.2 Å². The standard InChI is InChI=1S/C25H23ClN6O2S/c1-12-3-6-16(18-11-32(2)25(34)23(30-18)29-15-9-27-28-10-15)20(26)21(12)31-24(33)19-8-17-13-4-5-14(7-13)22(17)35-19/h3,6,8-11,13-14H,4-5,7H2,1-2H3,(H,27,28)(H,29,30)(H,31,33). The maximum atomic E-state index is 13.2. The van der Waals surface area contributed by atoms with Crippen LogP contribution in [-0.2, 0) is 7.05 Å². The molecule has 0 aliphatic heterocycles. The van der Waals surface area contributed by atoms with E-state index in [1.165, 1.54) is 34.3 Å². The number of anilines is 3. The van der Waals surface area contributed by atoms with Crippen LogP contribution >= 0.6 is 22.9 Å². The Hall–Kier alpha value is -3.43. The Labute approximate surface area is 210 Å². The first-order valence-corrected chi connectivity index (χ1v) is 12.7. The average molecular weight is 507 g/mol. The summed E-state index contributed by atoms with van der Waals surface area (Å²) >= 11 is 8.43. The van der Waals surface area contributed by atoms with E-state index in [-0.39, 0.29) is 17.3 Å². The Balaban J connectivity index is 1.33. The van der Waals surface area contributed by atoms with Gasteiger partial charge in [-0.3, -0.25) is 14.7 Å². The van der Waals surface area contributed by atoms with Crippen LogP contribution in [0.4, 0.5) is 17.2 Å². The van der Waals surface area contributed by atoms with Crippen LogP contribution in [0.25, 0.3) is 11.3 Å². The zero-order chi connectivity index (χ0) is 24.3. The molecule has 3 N–H and O–H groups in total. The lowest BCUT2D eigenvalue weighted by atomic mass is 9.99. The van der Waals surface area contributed by atoms with Gasteiger partial charge in [0, 0.05) is 29.9 Å². The number of fused-ring (bicyclic) bond motifs is 5. The van der Waals surface area contributed by atoms with E-state index < -0.39 is 0 Å². The van der Waals surface area contributed by atoms with Gasteiger partial charge >= 0.3 is 0 Å². The number of aromatic nitrogens is 4. The van der Waals surface area contributed by atoms with Gasteiger partial charge in [-0.25, -0.2) is 4.98 Å². The van der Waals surface area contributed by atoms with E-state index in [4.69, 9.17) is 11.6 Å². The Morgan fingerprint density at radius 1 is 1.29 bits per heavy atom. The molecule has 2 atom stereocenters. The Kier molecular flexibility index (Phi) is 5.26. The molecule has 35 heavy (non-hydrogen) atoms. The number of hydrogen-bond acceptors (Lipinski definition) is 6. The second-order valence-electron chi connectivity index (χ2n) is 9.21. The molecule has 10 heteroatoms. The zero-order valence-electron chi connectivity index (χ0n) is 19.2. The van der Waals surface area contributed by atoms with E-state index in [1.54, 1.807) is 37.0 Å². The van der Waals surface area contributed by atoms with Crippen LogP contribution in [-0.4, -0.2) is 25.7 Å². The van der Waals surface area contributed by atoms with Crippen LogP contribution in [0.3, 0.4) is 0 Å². The molecule has 6 rings (SSSR count). The molecule has 3 heterocycles. The largest absolute Gasteiger partial charge is 0.333 e. The van der Waals surface area contributed by atoms with E-state index in [0.29, 0.717) is 39.5 Å². The zero-order valence-corrected chi connectivity index (χ0v) is 20.8. The van der Waals surface area contributed by atoms with Crippen molar-refractivity contribution in [1.29, 1.82) is 0 Å². The van der Waals surface area contributed by atoms with Crippen molar-refractivity contribution in [3.63, 3.8) is 0 Å². The van der Waals surface area contributed by atoms with Gasteiger partial charge in [0.2, 0.25) is 0 Å². The highest BCUT2D eigenvalue weighted by molar-refractivity contribution is 7.14. The van der Waals surface area contributed by atoms with Crippen LogP contribution in [0, 0.1) is 6.92 Å². The van der Waals surface area contributed by atoms with Gasteiger partial charge in [-0.05, 0) is 55.2 Å². The van der Waals surface area contributed by atoms with Crippen LogP contribution in [0.2, 0.25) is 5.02 Å². The van der Waals surface area contributed by atoms with Gasteiger partial charge in [0.15, 0.2) is 5.82 Å². The number of aryl methyl sites for hydroxylation is 2. The van der Waals surface area contributed by atoms with Gasteiger partial charge < -0.3 is 15.2 Å². The molecule has 2 bridgehead atoms. The van der Waals surface area contributed by atoms with E-state index >= 15 is 0 Å². The van der Waals surface area contributed by atoms with Crippen molar-refractivity contribution in [3.8, 4) is 11.3 Å². The van der Waals surface area contributed by atoms with Gasteiger partial charge in [-0.2, -0.15) is 5.10 Å². The maximum Gasteiger partial charge on any atom is 0.293 e. The summed E-state index contributed by atoms with van der Waals surface area (Å²) in [5, 5.41) is 13.0. The third-order valence-electron chi connectivity index (χ3n) is 6.95. The van der Waals surface area contributed by atoms with Crippen LogP contribution in [0.1, 0.15) is 56.8 Å². The normalized spacial score (nSPS) is 18.0. The molecule has 4 aromatic rings. The summed E-state index contributed by atoms with van der Waals surface area (Å²) in [6.07, 6.45) is 8.52. The lowest BCUT2D eigenvalue weighted by Crippen LogP contribution is -2.21. The summed E-state index contributed by atoms with van der Waals surface area (Å²) in [6, 6.07) is 5.80. The highest BCUT2D eigenvalue weighted by Crippen LogP contribution is 2.56. The second-order valence-corrected chi connectivity index (χ2v) is 10.7. The Bertz CT molecular complexity index is 1500. The first kappa shape index (κ1) is 22.1. The average Bonchev–Trinajstić information content (AvgIpc) is 3.62. The minimum Gasteiger partial charge on any atom is -0.333 e. The van der Waals surface area contributed by atoms with E-state index in [1.807, 2.05) is 19.1 Å². The summed E-state index contributed by atoms with van der Waals surface area (Å²) in [5.74, 6) is 1.23. The number of aromatic amines is 1. The summed E-state index contributed by atoms with van der Waals surface area (Å²) < 4.78 is 1.45. The lowest BCUT2D eigenvalue weighted by molar-refractivity contribution is 0.103. The van der Waals surface area contributed by atoms with Crippen molar-refractivity contribution in [2.45, 2.75) is 38.0 Å². The molecule has 178 valence electrons. The van der Waals surface area contributed by atoms with Crippen molar-refractivity contribution in [2.75, 3.05) is 10.6 Å². The monoisotopic (exact) mass is 506 g/mol. The molecule has 2 unspecified atom stereocenters. The molecular weight excluding hydrogens is 484 g/mol. The Morgan fingerprint density at radius 3 is 2.89 bits per heavy atom. The predicted molar refractivity (Wildman–Crippen MR) is 138 cm³/mol. The van der Waals surface area contributed by atoms with E-state index in [9.17, 15) is 9.59 Å². The van der Waals surface area contributed by atoms with Gasteiger partial charge in [-0.15, -0.1) is 11.3 Å². The summed E-state index contributed by atoms with van der Waals surface area (Å²) in [4.78, 5) is 32.4. The maximum absolute atomic E-state index is 13.2. The van der Waals surface area contributed by atoms with E-state index in [0.717, 1.165) is 10.4 Å². The Morgan fingerprint density at radius 2 is 2.11 bits per heavy atom. The molecule has 3 aromatic heterocycles. The topological polar surface area (TPSA) is 105 Å². The number of nitrogens with one attached hydrogen (secondary N) is 3. The number of halogens is 1. The molecular formula is C25H23ClN6O2S. The molecule has 0 radical (unpaired) electrons. The number of amides is 1. The smallest absolute Gasteiger partial charge is 0.293 e. The molecule has 1 aromatic carbocycles. The number of nitrogens with zero attached hydrogens (tertiary/aromatic N) is 3. The summed E-state index contributed by atoms with van der Waals surface area (Å²) in [7, 11) is 1.65. The molecule has 8 nitrogen and oxygen atoms in total. The molecule has 2 aliphatic rings. The van der Waals surface area contributed by atoms with Crippen molar-refractivity contribution < 1.29 is 4.79 Å². The SMILES string of the molecule is Cc1ccc(-c2cn(C)c(=O)c(Nc3cn[nH]c3)n2)c(Cl)c1NC(=O)c1cc2c(s1)C1CCC2C1. The fourth-order valence-electron chi connectivity index (χ4n) is 5.14. The number of benzene rings is 1. The molecule has 0 saturated heterocycles. The molecule has 0 spiro atoms. The predicted octanol–water partition coefficient (Wildman–Crippen LogP) is 5.55. The third-order valence-corrected chi connectivity index (χ3v) is 8.66. The minimum atomic E-state index is -0.286. The minimum absolute atomic E-state index is 0.149. The highest BCUT2D eigenvalue weighted by Gasteiger charge is 2.39. The van der Waals surface area contributed by atoms with Crippen molar-refractivity contribution in [2.24, 2.45) is 7.05 Å². The lowest BCUT2D eigenvalue weighted by Gasteiger charge is -2.15. The van der Waals surface area contributed by atoms with Crippen molar-refractivity contribution >= 4 is 46.0 Å². The molecule has 1 saturated carbocycles. The second kappa shape index (κ2) is 8.35. The number of rotatable bonds is 5. The van der Waals surface area contributed by atoms with Gasteiger partial charge in [0.25, 0.3) is 11.5 Å². The van der Waals surface area contributed by atoms with Crippen LogP contribution < -0.4 is 16.2 Å². The number of thiophene rings is 1. The van der Waals surface area contributed by atoms with Crippen LogP contribution in [0.15, 0.2) is 41.6 Å². The number of carbonyl (C=O) groups excluding carboxylic acids is 1. The van der Waals surface area contributed by atoms with Crippen molar-refractivity contribution in [1.82, 2.24) is 19.7 Å². The number of carbonyl (C=O) groups is 1. The number of H-pyrrole nitrogens is 1. The van der Waals surface area contributed by atoms with Gasteiger partial charge in [-0.1, -0.05) is 23.7 Å². The van der Waals surface area contributed by atoms with Crippen LogP contribution in [0.5, 0.6) is 0 Å². The molecule has 2 aliphatic carbocycles. The van der Waals surface area contributed by atoms with E-state index in [2.05, 4.69) is 31.9 Å². The van der Waals surface area contributed by atoms with Crippen molar-refractivity contribution in [3.05, 3.63) is 73.0 Å². The fourth-order valence-corrected chi connectivity index (χ4v) is 6.79. The summed E-state index contributed by atoms with van der Waals surface area (Å²) in [5.41, 5.74) is 4.20. The molecule has 1 amide bonds. The number of hydrogen-bond donors (Lipinski definition) is 3. The fraction of sp³-hybridized carbons (Fsp3) is 0.280. The first-order valence-electron chi connectivity index (χ1n) is 11.5. The van der Waals surface area contributed by atoms with Gasteiger partial charge in [0.1, 0.15) is 0 Å². The quantitative estimate of drug-likeness (QED) is 0.329. The first-order chi connectivity index (χ1) is 16.9. The summed E-state index contributed by atoms with van der Waals surface area (Å²) in [6.45, 7) is 1.90.